The van der Waals surface area contributed by atoms with E-state index in [1.807, 2.05) is 61.5 Å². The molecule has 1 fully saturated rings. The van der Waals surface area contributed by atoms with Gasteiger partial charge < -0.3 is 4.74 Å². The molecule has 3 rings (SSSR count). The van der Waals surface area contributed by atoms with Crippen molar-refractivity contribution in [1.29, 1.82) is 0 Å². The summed E-state index contributed by atoms with van der Waals surface area (Å²) < 4.78 is 5.19. The van der Waals surface area contributed by atoms with Gasteiger partial charge in [0.1, 0.15) is 5.75 Å². The number of carbonyl (C=O) groups excluding carboxylic acids is 1. The molecule has 0 bridgehead atoms. The molecule has 0 spiro atoms. The predicted octanol–water partition coefficient (Wildman–Crippen LogP) is 5.41. The highest BCUT2D eigenvalue weighted by Gasteiger charge is 2.36. The lowest BCUT2D eigenvalue weighted by atomic mass is 10.2. The quantitative estimate of drug-likeness (QED) is 0.652. The third-order valence-electron chi connectivity index (χ3n) is 4.54. The Hall–Kier alpha value is -2.53. The van der Waals surface area contributed by atoms with Gasteiger partial charge in [0, 0.05) is 6.04 Å². The minimum Gasteiger partial charge on any atom is -0.497 e. The van der Waals surface area contributed by atoms with Crippen LogP contribution in [0.15, 0.2) is 58.4 Å². The van der Waals surface area contributed by atoms with Gasteiger partial charge in [-0.3, -0.25) is 9.69 Å². The van der Waals surface area contributed by atoms with Crippen molar-refractivity contribution in [3.63, 3.8) is 0 Å². The van der Waals surface area contributed by atoms with Crippen molar-refractivity contribution in [2.75, 3.05) is 7.11 Å². The second-order valence-corrected chi connectivity index (χ2v) is 7.56. The number of hydrogen-bond acceptors (Lipinski definition) is 4. The SMILES string of the molecule is CC[C@@H](C)N1C(=O)/C(=C\c2ccc(OC)cc2)SC1=Nc1ccc(C)cc1. The zero-order chi connectivity index (χ0) is 19.4. The number of amidine groups is 1. The van der Waals surface area contributed by atoms with Crippen LogP contribution in [0.4, 0.5) is 5.69 Å². The van der Waals surface area contributed by atoms with Crippen LogP contribution in [0.1, 0.15) is 31.4 Å². The van der Waals surface area contributed by atoms with Crippen molar-refractivity contribution in [2.24, 2.45) is 4.99 Å². The van der Waals surface area contributed by atoms with Gasteiger partial charge in [0.2, 0.25) is 0 Å². The van der Waals surface area contributed by atoms with Crippen LogP contribution in [0.25, 0.3) is 6.08 Å². The van der Waals surface area contributed by atoms with Gasteiger partial charge in [-0.2, -0.15) is 0 Å². The maximum absolute atomic E-state index is 13.0. The molecule has 0 N–H and O–H groups in total. The first-order valence-electron chi connectivity index (χ1n) is 9.04. The molecule has 2 aromatic carbocycles. The molecule has 0 radical (unpaired) electrons. The molecule has 1 atom stereocenters. The molecule has 0 saturated carbocycles. The molecule has 1 aliphatic rings. The Kier molecular flexibility index (Phi) is 6.01. The van der Waals surface area contributed by atoms with Crippen LogP contribution in [-0.4, -0.2) is 29.1 Å². The highest BCUT2D eigenvalue weighted by atomic mass is 32.2. The highest BCUT2D eigenvalue weighted by Crippen LogP contribution is 2.36. The first-order valence-corrected chi connectivity index (χ1v) is 9.86. The Balaban J connectivity index is 1.94. The number of amides is 1. The van der Waals surface area contributed by atoms with Gasteiger partial charge in [0.25, 0.3) is 5.91 Å². The second kappa shape index (κ2) is 8.44. The Morgan fingerprint density at radius 2 is 1.81 bits per heavy atom. The lowest BCUT2D eigenvalue weighted by Crippen LogP contribution is -2.36. The molecule has 5 heteroatoms. The summed E-state index contributed by atoms with van der Waals surface area (Å²) in [6.45, 7) is 6.18. The first kappa shape index (κ1) is 19.2. The maximum Gasteiger partial charge on any atom is 0.266 e. The summed E-state index contributed by atoms with van der Waals surface area (Å²) in [5, 5.41) is 0.734. The van der Waals surface area contributed by atoms with Crippen LogP contribution in [0.5, 0.6) is 5.75 Å². The van der Waals surface area contributed by atoms with E-state index in [4.69, 9.17) is 9.73 Å². The van der Waals surface area contributed by atoms with Gasteiger partial charge in [0.05, 0.1) is 17.7 Å². The summed E-state index contributed by atoms with van der Waals surface area (Å²) in [4.78, 5) is 20.3. The summed E-state index contributed by atoms with van der Waals surface area (Å²) in [6.07, 6.45) is 2.79. The summed E-state index contributed by atoms with van der Waals surface area (Å²) >= 11 is 1.43. The minimum atomic E-state index is 0.0102. The van der Waals surface area contributed by atoms with E-state index in [9.17, 15) is 4.79 Å². The monoisotopic (exact) mass is 380 g/mol. The van der Waals surface area contributed by atoms with Crippen LogP contribution >= 0.6 is 11.8 Å². The number of rotatable bonds is 5. The van der Waals surface area contributed by atoms with Crippen molar-refractivity contribution < 1.29 is 9.53 Å². The molecule has 4 nitrogen and oxygen atoms in total. The molecule has 140 valence electrons. The van der Waals surface area contributed by atoms with Crippen LogP contribution < -0.4 is 4.74 Å². The lowest BCUT2D eigenvalue weighted by Gasteiger charge is -2.22. The summed E-state index contributed by atoms with van der Waals surface area (Å²) in [7, 11) is 1.64. The maximum atomic E-state index is 13.0. The van der Waals surface area contributed by atoms with Gasteiger partial charge in [-0.1, -0.05) is 36.8 Å². The van der Waals surface area contributed by atoms with Crippen molar-refractivity contribution >= 4 is 34.6 Å². The number of nitrogens with zero attached hydrogens (tertiary/aromatic N) is 2. The van der Waals surface area contributed by atoms with E-state index in [2.05, 4.69) is 13.8 Å². The van der Waals surface area contributed by atoms with E-state index in [-0.39, 0.29) is 11.9 Å². The third-order valence-corrected chi connectivity index (χ3v) is 5.52. The molecule has 0 unspecified atom stereocenters. The van der Waals surface area contributed by atoms with E-state index in [1.165, 1.54) is 17.3 Å². The van der Waals surface area contributed by atoms with Crippen LogP contribution in [0.2, 0.25) is 0 Å². The number of aliphatic imine (C=N–C) groups is 1. The van der Waals surface area contributed by atoms with Crippen LogP contribution in [0, 0.1) is 6.92 Å². The van der Waals surface area contributed by atoms with Crippen molar-refractivity contribution in [1.82, 2.24) is 4.90 Å². The van der Waals surface area contributed by atoms with E-state index in [0.29, 0.717) is 4.91 Å². The van der Waals surface area contributed by atoms with Crippen molar-refractivity contribution in [3.8, 4) is 5.75 Å². The average Bonchev–Trinajstić information content (AvgIpc) is 2.98. The normalized spacial score (nSPS) is 18.4. The number of thioether (sulfide) groups is 1. The van der Waals surface area contributed by atoms with E-state index in [0.717, 1.165) is 28.6 Å². The average molecular weight is 381 g/mol. The fourth-order valence-electron chi connectivity index (χ4n) is 2.72. The van der Waals surface area contributed by atoms with Crippen molar-refractivity contribution in [3.05, 3.63) is 64.6 Å². The molecule has 27 heavy (non-hydrogen) atoms. The highest BCUT2D eigenvalue weighted by molar-refractivity contribution is 8.18. The lowest BCUT2D eigenvalue weighted by molar-refractivity contribution is -0.123. The Labute approximate surface area is 164 Å². The molecular formula is C22H24N2O2S. The summed E-state index contributed by atoms with van der Waals surface area (Å²) in [6, 6.07) is 15.8. The van der Waals surface area contributed by atoms with Gasteiger partial charge in [-0.15, -0.1) is 0 Å². The van der Waals surface area contributed by atoms with E-state index in [1.54, 1.807) is 12.0 Å². The molecule has 1 aliphatic heterocycles. The summed E-state index contributed by atoms with van der Waals surface area (Å²) in [5.74, 6) is 0.807. The predicted molar refractivity (Wildman–Crippen MR) is 113 cm³/mol. The Morgan fingerprint density at radius 3 is 2.41 bits per heavy atom. The largest absolute Gasteiger partial charge is 0.497 e. The minimum absolute atomic E-state index is 0.0102. The second-order valence-electron chi connectivity index (χ2n) is 6.55. The number of ether oxygens (including phenoxy) is 1. The zero-order valence-electron chi connectivity index (χ0n) is 16.1. The summed E-state index contributed by atoms with van der Waals surface area (Å²) in [5.41, 5.74) is 3.01. The third kappa shape index (κ3) is 4.42. The number of aryl methyl sites for hydroxylation is 1. The van der Waals surface area contributed by atoms with Gasteiger partial charge in [0.15, 0.2) is 5.17 Å². The molecule has 1 heterocycles. The number of carbonyl (C=O) groups is 1. The number of benzene rings is 2. The molecule has 2 aromatic rings. The Morgan fingerprint density at radius 1 is 1.15 bits per heavy atom. The van der Waals surface area contributed by atoms with Crippen molar-refractivity contribution in [2.45, 2.75) is 33.2 Å². The topological polar surface area (TPSA) is 41.9 Å². The van der Waals surface area contributed by atoms with Gasteiger partial charge in [-0.05, 0) is 67.9 Å². The molecular weight excluding hydrogens is 356 g/mol. The zero-order valence-corrected chi connectivity index (χ0v) is 16.9. The Bertz CT molecular complexity index is 870. The van der Waals surface area contributed by atoms with E-state index < -0.39 is 0 Å². The molecule has 0 aliphatic carbocycles. The fraction of sp³-hybridized carbons (Fsp3) is 0.273. The van der Waals surface area contributed by atoms with Crippen LogP contribution in [0.3, 0.4) is 0 Å². The smallest absolute Gasteiger partial charge is 0.266 e. The molecule has 0 aromatic heterocycles. The number of hydrogen-bond donors (Lipinski definition) is 0. The van der Waals surface area contributed by atoms with E-state index >= 15 is 0 Å². The van der Waals surface area contributed by atoms with Gasteiger partial charge >= 0.3 is 0 Å². The van der Waals surface area contributed by atoms with Crippen LogP contribution in [-0.2, 0) is 4.79 Å². The number of methoxy groups -OCH3 is 1. The molecule has 1 amide bonds. The first-order chi connectivity index (χ1) is 13.0. The fourth-order valence-corrected chi connectivity index (χ4v) is 3.81. The standard InChI is InChI=1S/C22H24N2O2S/c1-5-16(3)24-21(25)20(14-17-8-12-19(26-4)13-9-17)27-22(24)23-18-10-6-15(2)7-11-18/h6-14,16H,5H2,1-4H3/b20-14+,23-22?/t16-/m1/s1. The van der Waals surface area contributed by atoms with Gasteiger partial charge in [-0.25, -0.2) is 4.99 Å². The molecule has 1 saturated heterocycles.